The Bertz CT molecular complexity index is 1120. The van der Waals surface area contributed by atoms with Crippen LogP contribution in [0.15, 0.2) is 83.5 Å². The first-order valence-corrected chi connectivity index (χ1v) is 9.21. The van der Waals surface area contributed by atoms with Gasteiger partial charge in [-0.1, -0.05) is 48.0 Å². The molecular weight excluding hydrogens is 393 g/mol. The van der Waals surface area contributed by atoms with E-state index in [4.69, 9.17) is 21.1 Å². The van der Waals surface area contributed by atoms with Gasteiger partial charge in [-0.05, 0) is 53.6 Å². The van der Waals surface area contributed by atoms with E-state index in [-0.39, 0.29) is 17.2 Å². The highest BCUT2D eigenvalue weighted by Gasteiger charge is 2.25. The maximum absolute atomic E-state index is 13.9. The summed E-state index contributed by atoms with van der Waals surface area (Å²) in [6.45, 7) is 0.384. The number of rotatable bonds is 5. The lowest BCUT2D eigenvalue weighted by molar-refractivity contribution is -0.129. The highest BCUT2D eigenvalue weighted by atomic mass is 35.5. The molecule has 4 rings (SSSR count). The number of ether oxygens (including phenoxy) is 2. The number of nitrogens with zero attached hydrogens (tertiary/aromatic N) is 1. The highest BCUT2D eigenvalue weighted by Crippen LogP contribution is 2.23. The third kappa shape index (κ3) is 4.52. The Morgan fingerprint density at radius 3 is 2.62 bits per heavy atom. The molecule has 3 aromatic rings. The lowest BCUT2D eigenvalue weighted by Gasteiger charge is -2.07. The van der Waals surface area contributed by atoms with Gasteiger partial charge < -0.3 is 9.47 Å². The summed E-state index contributed by atoms with van der Waals surface area (Å²) in [5, 5.41) is 0.668. The van der Waals surface area contributed by atoms with Crippen LogP contribution in [0.1, 0.15) is 16.7 Å². The van der Waals surface area contributed by atoms with E-state index >= 15 is 0 Å². The summed E-state index contributed by atoms with van der Waals surface area (Å²) in [7, 11) is 0. The van der Waals surface area contributed by atoms with Crippen LogP contribution in [-0.4, -0.2) is 11.9 Å². The molecule has 0 saturated carbocycles. The Hall–Kier alpha value is -3.44. The Morgan fingerprint density at radius 2 is 1.83 bits per heavy atom. The molecular formula is C23H15ClFNO3. The minimum atomic E-state index is -0.629. The molecule has 0 aromatic heterocycles. The van der Waals surface area contributed by atoms with E-state index in [9.17, 15) is 9.18 Å². The minimum absolute atomic E-state index is 0.0468. The highest BCUT2D eigenvalue weighted by molar-refractivity contribution is 6.30. The molecule has 1 heterocycles. The van der Waals surface area contributed by atoms with Gasteiger partial charge in [0, 0.05) is 5.02 Å². The van der Waals surface area contributed by atoms with E-state index in [0.29, 0.717) is 22.9 Å². The van der Waals surface area contributed by atoms with Crippen molar-refractivity contribution in [1.29, 1.82) is 0 Å². The van der Waals surface area contributed by atoms with Crippen LogP contribution in [0.4, 0.5) is 4.39 Å². The van der Waals surface area contributed by atoms with Crippen LogP contribution in [0.3, 0.4) is 0 Å². The van der Waals surface area contributed by atoms with Crippen molar-refractivity contribution in [3.05, 3.63) is 106 Å². The summed E-state index contributed by atoms with van der Waals surface area (Å²) in [4.78, 5) is 16.3. The van der Waals surface area contributed by atoms with Gasteiger partial charge in [-0.3, -0.25) is 0 Å². The lowest BCUT2D eigenvalue weighted by atomic mass is 10.2. The van der Waals surface area contributed by atoms with Gasteiger partial charge >= 0.3 is 5.97 Å². The number of carbonyl (C=O) groups is 1. The van der Waals surface area contributed by atoms with Gasteiger partial charge in [0.2, 0.25) is 5.90 Å². The Labute approximate surface area is 171 Å². The third-order valence-corrected chi connectivity index (χ3v) is 4.46. The number of aliphatic imine (C=N–C) groups is 1. The fraction of sp³-hybridized carbons (Fsp3) is 0.0435. The van der Waals surface area contributed by atoms with Gasteiger partial charge in [0.05, 0.1) is 5.56 Å². The second kappa shape index (κ2) is 8.29. The predicted octanol–water partition coefficient (Wildman–Crippen LogP) is 5.40. The van der Waals surface area contributed by atoms with Crippen LogP contribution in [0.25, 0.3) is 6.08 Å². The van der Waals surface area contributed by atoms with Crippen LogP contribution in [0, 0.1) is 5.82 Å². The van der Waals surface area contributed by atoms with Crippen molar-refractivity contribution in [2.24, 2.45) is 4.99 Å². The topological polar surface area (TPSA) is 47.9 Å². The zero-order valence-electron chi connectivity index (χ0n) is 15.1. The first-order chi connectivity index (χ1) is 14.1. The maximum Gasteiger partial charge on any atom is 0.363 e. The Balaban J connectivity index is 1.52. The SMILES string of the molecule is O=C1OC(c2ccccc2F)=N/C1=C\c1cccc(OCc2ccc(Cl)cc2)c1. The zero-order chi connectivity index (χ0) is 20.2. The standard InChI is InChI=1S/C23H15ClFNO3/c24-17-10-8-15(9-11-17)14-28-18-5-3-4-16(12-18)13-21-23(27)29-22(26-21)19-6-1-2-7-20(19)25/h1-13H,14H2/b21-13-. The summed E-state index contributed by atoms with van der Waals surface area (Å²) in [6.07, 6.45) is 1.57. The van der Waals surface area contributed by atoms with Crippen LogP contribution in [0.2, 0.25) is 5.02 Å². The molecule has 0 aliphatic carbocycles. The van der Waals surface area contributed by atoms with E-state index in [1.807, 2.05) is 30.3 Å². The molecule has 6 heteroatoms. The molecule has 3 aromatic carbocycles. The van der Waals surface area contributed by atoms with E-state index in [2.05, 4.69) is 4.99 Å². The second-order valence-electron chi connectivity index (χ2n) is 6.30. The molecule has 144 valence electrons. The summed E-state index contributed by atoms with van der Waals surface area (Å²) in [6, 6.07) is 20.6. The number of cyclic esters (lactones) is 1. The van der Waals surface area contributed by atoms with Gasteiger partial charge in [0.25, 0.3) is 0 Å². The van der Waals surface area contributed by atoms with Crippen molar-refractivity contribution in [2.45, 2.75) is 6.61 Å². The molecule has 0 fully saturated rings. The van der Waals surface area contributed by atoms with Crippen molar-refractivity contribution in [2.75, 3.05) is 0 Å². The van der Waals surface area contributed by atoms with Gasteiger partial charge in [-0.15, -0.1) is 0 Å². The van der Waals surface area contributed by atoms with E-state index < -0.39 is 11.8 Å². The summed E-state index contributed by atoms with van der Waals surface area (Å²) >= 11 is 5.88. The van der Waals surface area contributed by atoms with E-state index in [1.54, 1.807) is 36.4 Å². The fourth-order valence-corrected chi connectivity index (χ4v) is 2.88. The Morgan fingerprint density at radius 1 is 1.03 bits per heavy atom. The van der Waals surface area contributed by atoms with Crippen molar-refractivity contribution in [3.8, 4) is 5.75 Å². The normalized spacial score (nSPS) is 14.6. The molecule has 0 spiro atoms. The Kier molecular flexibility index (Phi) is 5.40. The number of hydrogen-bond acceptors (Lipinski definition) is 4. The fourth-order valence-electron chi connectivity index (χ4n) is 2.76. The molecule has 0 saturated heterocycles. The number of benzene rings is 3. The van der Waals surface area contributed by atoms with Crippen LogP contribution >= 0.6 is 11.6 Å². The van der Waals surface area contributed by atoms with Crippen LogP contribution in [-0.2, 0) is 16.1 Å². The molecule has 0 unspecified atom stereocenters. The van der Waals surface area contributed by atoms with Crippen molar-refractivity contribution in [3.63, 3.8) is 0 Å². The van der Waals surface area contributed by atoms with Gasteiger partial charge in [0.15, 0.2) is 5.70 Å². The first-order valence-electron chi connectivity index (χ1n) is 8.83. The smallest absolute Gasteiger partial charge is 0.363 e. The average Bonchev–Trinajstić information content (AvgIpc) is 3.08. The summed E-state index contributed by atoms with van der Waals surface area (Å²) < 4.78 is 24.8. The second-order valence-corrected chi connectivity index (χ2v) is 6.74. The van der Waals surface area contributed by atoms with Crippen molar-refractivity contribution < 1.29 is 18.7 Å². The zero-order valence-corrected chi connectivity index (χ0v) is 15.9. The molecule has 0 atom stereocenters. The summed E-state index contributed by atoms with van der Waals surface area (Å²) in [5.41, 5.74) is 1.93. The largest absolute Gasteiger partial charge is 0.489 e. The monoisotopic (exact) mass is 407 g/mol. The third-order valence-electron chi connectivity index (χ3n) is 4.21. The lowest BCUT2D eigenvalue weighted by Crippen LogP contribution is -2.07. The number of esters is 1. The molecule has 0 amide bonds. The first kappa shape index (κ1) is 18.9. The van der Waals surface area contributed by atoms with Gasteiger partial charge in [-0.2, -0.15) is 0 Å². The number of carbonyl (C=O) groups excluding carboxylic acids is 1. The van der Waals surface area contributed by atoms with E-state index in [0.717, 1.165) is 5.56 Å². The van der Waals surface area contributed by atoms with Gasteiger partial charge in [0.1, 0.15) is 18.2 Å². The van der Waals surface area contributed by atoms with Gasteiger partial charge in [-0.25, -0.2) is 14.2 Å². The molecule has 0 radical (unpaired) electrons. The predicted molar refractivity (Wildman–Crippen MR) is 109 cm³/mol. The molecule has 0 bridgehead atoms. The number of hydrogen-bond donors (Lipinski definition) is 0. The number of halogens is 2. The molecule has 1 aliphatic rings. The van der Waals surface area contributed by atoms with E-state index in [1.165, 1.54) is 12.1 Å². The van der Waals surface area contributed by atoms with Crippen LogP contribution < -0.4 is 4.74 Å². The quantitative estimate of drug-likeness (QED) is 0.420. The molecule has 29 heavy (non-hydrogen) atoms. The molecule has 0 N–H and O–H groups in total. The molecule has 1 aliphatic heterocycles. The summed E-state index contributed by atoms with van der Waals surface area (Å²) in [5.74, 6) is -0.540. The van der Waals surface area contributed by atoms with Crippen molar-refractivity contribution in [1.82, 2.24) is 0 Å². The molecule has 4 nitrogen and oxygen atoms in total. The maximum atomic E-state index is 13.9. The van der Waals surface area contributed by atoms with Crippen LogP contribution in [0.5, 0.6) is 5.75 Å². The average molecular weight is 408 g/mol. The minimum Gasteiger partial charge on any atom is -0.489 e. The van der Waals surface area contributed by atoms with Crippen molar-refractivity contribution >= 4 is 29.5 Å².